The third-order valence-electron chi connectivity index (χ3n) is 8.19. The van der Waals surface area contributed by atoms with E-state index in [2.05, 4.69) is 34.3 Å². The van der Waals surface area contributed by atoms with E-state index in [1.807, 2.05) is 6.08 Å². The van der Waals surface area contributed by atoms with Crippen LogP contribution < -0.4 is 0 Å². The van der Waals surface area contributed by atoms with E-state index < -0.39 is 5.60 Å². The molecule has 3 fully saturated rings. The van der Waals surface area contributed by atoms with Gasteiger partial charge in [-0.15, -0.1) is 6.58 Å². The fourth-order valence-electron chi connectivity index (χ4n) is 6.25. The average Bonchev–Trinajstić information content (AvgIpc) is 2.43. The lowest BCUT2D eigenvalue weighted by Gasteiger charge is -2.65. The molecule has 2 N–H and O–H groups in total. The molecular formula is C20H34O2. The standard InChI is InChI=1S/C20H34O2/c1-6-18(4)12-14-9-11-20(22)15(8-7-10-17(20,2)3)19(14,5)13-16(18)21/h6,14-16,21-22H,1,7-13H2,2-5H3. The summed E-state index contributed by atoms with van der Waals surface area (Å²) >= 11 is 0. The Kier molecular flexibility index (Phi) is 3.63. The molecule has 0 saturated heterocycles. The van der Waals surface area contributed by atoms with E-state index in [1.54, 1.807) is 0 Å². The van der Waals surface area contributed by atoms with Crippen LogP contribution in [-0.2, 0) is 0 Å². The summed E-state index contributed by atoms with van der Waals surface area (Å²) in [6.45, 7) is 13.0. The van der Waals surface area contributed by atoms with E-state index in [0.29, 0.717) is 11.8 Å². The van der Waals surface area contributed by atoms with E-state index in [9.17, 15) is 10.2 Å². The van der Waals surface area contributed by atoms with Gasteiger partial charge >= 0.3 is 0 Å². The number of rotatable bonds is 1. The third-order valence-corrected chi connectivity index (χ3v) is 8.19. The zero-order chi connectivity index (χ0) is 16.4. The van der Waals surface area contributed by atoms with Gasteiger partial charge in [-0.3, -0.25) is 0 Å². The number of fused-ring (bicyclic) bond motifs is 3. The molecule has 0 spiro atoms. The molecule has 0 radical (unpaired) electrons. The number of aliphatic hydroxyl groups is 2. The molecule has 3 rings (SSSR count). The van der Waals surface area contributed by atoms with Crippen LogP contribution in [0, 0.1) is 28.1 Å². The molecule has 3 aliphatic rings. The molecular weight excluding hydrogens is 272 g/mol. The Labute approximate surface area is 136 Å². The molecule has 0 bridgehead atoms. The predicted octanol–water partition coefficient (Wildman–Crippen LogP) is 4.31. The summed E-state index contributed by atoms with van der Waals surface area (Å²) in [4.78, 5) is 0. The minimum atomic E-state index is -0.557. The summed E-state index contributed by atoms with van der Waals surface area (Å²) in [6, 6.07) is 0. The number of aliphatic hydroxyl groups excluding tert-OH is 1. The first-order chi connectivity index (χ1) is 10.1. The highest BCUT2D eigenvalue weighted by Gasteiger charge is 2.64. The van der Waals surface area contributed by atoms with Crippen LogP contribution in [0.5, 0.6) is 0 Å². The summed E-state index contributed by atoms with van der Waals surface area (Å²) < 4.78 is 0. The van der Waals surface area contributed by atoms with Crippen LogP contribution in [0.25, 0.3) is 0 Å². The maximum Gasteiger partial charge on any atom is 0.0731 e. The Morgan fingerprint density at radius 1 is 1.05 bits per heavy atom. The lowest BCUT2D eigenvalue weighted by Crippen LogP contribution is -2.65. The molecule has 6 unspecified atom stereocenters. The normalized spacial score (nSPS) is 54.2. The van der Waals surface area contributed by atoms with Crippen LogP contribution in [0.4, 0.5) is 0 Å². The van der Waals surface area contributed by atoms with E-state index >= 15 is 0 Å². The van der Waals surface area contributed by atoms with Gasteiger partial charge in [0.25, 0.3) is 0 Å². The number of hydrogen-bond donors (Lipinski definition) is 2. The highest BCUT2D eigenvalue weighted by atomic mass is 16.3. The smallest absolute Gasteiger partial charge is 0.0731 e. The summed E-state index contributed by atoms with van der Waals surface area (Å²) in [6.07, 6.45) is 8.90. The number of hydrogen-bond acceptors (Lipinski definition) is 2. The molecule has 0 amide bonds. The molecule has 0 aliphatic heterocycles. The molecule has 0 aromatic carbocycles. The second-order valence-electron chi connectivity index (χ2n) is 9.63. The van der Waals surface area contributed by atoms with Crippen molar-refractivity contribution in [1.82, 2.24) is 0 Å². The Hall–Kier alpha value is -0.340. The molecule has 3 aliphatic carbocycles. The molecule has 0 heterocycles. The van der Waals surface area contributed by atoms with Gasteiger partial charge < -0.3 is 10.2 Å². The van der Waals surface area contributed by atoms with Gasteiger partial charge in [-0.25, -0.2) is 0 Å². The van der Waals surface area contributed by atoms with Crippen molar-refractivity contribution in [2.45, 2.75) is 84.3 Å². The van der Waals surface area contributed by atoms with Crippen molar-refractivity contribution in [3.8, 4) is 0 Å². The van der Waals surface area contributed by atoms with Gasteiger partial charge in [-0.05, 0) is 61.2 Å². The highest BCUT2D eigenvalue weighted by Crippen LogP contribution is 2.66. The monoisotopic (exact) mass is 306 g/mol. The highest BCUT2D eigenvalue weighted by molar-refractivity contribution is 5.16. The van der Waals surface area contributed by atoms with Crippen molar-refractivity contribution >= 4 is 0 Å². The SMILES string of the molecule is C=CC1(C)CC2CCC3(O)C(CCCC3(C)C)C2(C)CC1O. The van der Waals surface area contributed by atoms with Gasteiger partial charge in [0.1, 0.15) is 0 Å². The van der Waals surface area contributed by atoms with Crippen molar-refractivity contribution in [3.63, 3.8) is 0 Å². The molecule has 126 valence electrons. The van der Waals surface area contributed by atoms with Crippen molar-refractivity contribution in [2.24, 2.45) is 28.1 Å². The molecule has 6 atom stereocenters. The fraction of sp³-hybridized carbons (Fsp3) is 0.900. The summed E-state index contributed by atoms with van der Waals surface area (Å²) in [5, 5.41) is 22.4. The molecule has 3 saturated carbocycles. The Morgan fingerprint density at radius 3 is 2.36 bits per heavy atom. The molecule has 0 aromatic heterocycles. The van der Waals surface area contributed by atoms with E-state index in [-0.39, 0.29) is 22.3 Å². The van der Waals surface area contributed by atoms with E-state index in [1.165, 1.54) is 6.42 Å². The third kappa shape index (κ3) is 1.99. The zero-order valence-electron chi connectivity index (χ0n) is 14.9. The van der Waals surface area contributed by atoms with Gasteiger partial charge in [0.05, 0.1) is 11.7 Å². The maximum atomic E-state index is 11.6. The van der Waals surface area contributed by atoms with Gasteiger partial charge in [0, 0.05) is 5.41 Å². The summed E-state index contributed by atoms with van der Waals surface area (Å²) in [7, 11) is 0. The van der Waals surface area contributed by atoms with Gasteiger partial charge in [-0.2, -0.15) is 0 Å². The van der Waals surface area contributed by atoms with E-state index in [4.69, 9.17) is 0 Å². The van der Waals surface area contributed by atoms with E-state index in [0.717, 1.165) is 38.5 Å². The molecule has 0 aromatic rings. The molecule has 2 nitrogen and oxygen atoms in total. The van der Waals surface area contributed by atoms with Crippen LogP contribution in [0.3, 0.4) is 0 Å². The Balaban J connectivity index is 1.98. The van der Waals surface area contributed by atoms with Gasteiger partial charge in [0.15, 0.2) is 0 Å². The van der Waals surface area contributed by atoms with Crippen LogP contribution in [0.2, 0.25) is 0 Å². The molecule has 22 heavy (non-hydrogen) atoms. The van der Waals surface area contributed by atoms with Crippen LogP contribution in [-0.4, -0.2) is 21.9 Å². The summed E-state index contributed by atoms with van der Waals surface area (Å²) in [5.41, 5.74) is -0.664. The second-order valence-corrected chi connectivity index (χ2v) is 9.63. The molecule has 2 heteroatoms. The predicted molar refractivity (Wildman–Crippen MR) is 90.4 cm³/mol. The minimum absolute atomic E-state index is 0.00592. The lowest BCUT2D eigenvalue weighted by atomic mass is 9.41. The maximum absolute atomic E-state index is 11.6. The minimum Gasteiger partial charge on any atom is -0.392 e. The van der Waals surface area contributed by atoms with Crippen molar-refractivity contribution in [3.05, 3.63) is 12.7 Å². The first kappa shape index (κ1) is 16.5. The van der Waals surface area contributed by atoms with Crippen molar-refractivity contribution < 1.29 is 10.2 Å². The first-order valence-electron chi connectivity index (χ1n) is 9.13. The van der Waals surface area contributed by atoms with Crippen LogP contribution in [0.1, 0.15) is 72.6 Å². The zero-order valence-corrected chi connectivity index (χ0v) is 14.9. The van der Waals surface area contributed by atoms with Crippen molar-refractivity contribution in [2.75, 3.05) is 0 Å². The fourth-order valence-corrected chi connectivity index (χ4v) is 6.25. The largest absolute Gasteiger partial charge is 0.392 e. The van der Waals surface area contributed by atoms with Gasteiger partial charge in [0.2, 0.25) is 0 Å². The Bertz CT molecular complexity index is 470. The van der Waals surface area contributed by atoms with Crippen LogP contribution in [0.15, 0.2) is 12.7 Å². The second kappa shape index (κ2) is 4.83. The quantitative estimate of drug-likeness (QED) is 0.709. The lowest BCUT2D eigenvalue weighted by molar-refractivity contribution is -0.236. The topological polar surface area (TPSA) is 40.5 Å². The van der Waals surface area contributed by atoms with Crippen molar-refractivity contribution in [1.29, 1.82) is 0 Å². The summed E-state index contributed by atoms with van der Waals surface area (Å²) in [5.74, 6) is 0.921. The Morgan fingerprint density at radius 2 is 1.73 bits per heavy atom. The van der Waals surface area contributed by atoms with Gasteiger partial charge in [-0.1, -0.05) is 40.2 Å². The average molecular weight is 306 g/mol. The van der Waals surface area contributed by atoms with Crippen LogP contribution >= 0.6 is 0 Å². The first-order valence-corrected chi connectivity index (χ1v) is 9.13.